The summed E-state index contributed by atoms with van der Waals surface area (Å²) in [5.74, 6) is 0. The number of anilines is 1. The molecule has 176 valence electrons. The fraction of sp³-hybridized carbons (Fsp3) is 0.304. The van der Waals surface area contributed by atoms with Crippen LogP contribution in [0.2, 0.25) is 0 Å². The molecule has 8 nitrogen and oxygen atoms in total. The highest BCUT2D eigenvalue weighted by molar-refractivity contribution is 7.88. The lowest BCUT2D eigenvalue weighted by atomic mass is 10.1. The summed E-state index contributed by atoms with van der Waals surface area (Å²) in [6.45, 7) is 5.41. The van der Waals surface area contributed by atoms with Crippen LogP contribution in [0.1, 0.15) is 37.4 Å². The Bertz CT molecular complexity index is 1170. The SMILES string of the molecule is COS(=O)(=O)Nc1ccc(C[C@H](NC(=O)OC(C)(C)C)c2nc(-c3ccccc3)cs2)cc1. The molecule has 0 unspecified atom stereocenters. The van der Waals surface area contributed by atoms with Gasteiger partial charge in [0.1, 0.15) is 10.6 Å². The first-order valence-electron chi connectivity index (χ1n) is 10.2. The number of nitrogens with zero attached hydrogens (tertiary/aromatic N) is 1. The zero-order chi connectivity index (χ0) is 24.1. The van der Waals surface area contributed by atoms with E-state index in [9.17, 15) is 13.2 Å². The monoisotopic (exact) mass is 489 g/mol. The van der Waals surface area contributed by atoms with Crippen molar-refractivity contribution >= 4 is 33.4 Å². The summed E-state index contributed by atoms with van der Waals surface area (Å²) >= 11 is 1.46. The van der Waals surface area contributed by atoms with E-state index in [2.05, 4.69) is 14.2 Å². The van der Waals surface area contributed by atoms with Gasteiger partial charge in [-0.3, -0.25) is 8.91 Å². The Morgan fingerprint density at radius 3 is 2.36 bits per heavy atom. The molecule has 1 aromatic heterocycles. The Kier molecular flexibility index (Phi) is 7.72. The van der Waals surface area contributed by atoms with Crippen LogP contribution >= 0.6 is 11.3 Å². The number of amides is 1. The number of benzene rings is 2. The molecule has 0 bridgehead atoms. The number of rotatable bonds is 8. The van der Waals surface area contributed by atoms with Gasteiger partial charge in [-0.05, 0) is 44.9 Å². The topological polar surface area (TPSA) is 107 Å². The Labute approximate surface area is 198 Å². The average Bonchev–Trinajstić information content (AvgIpc) is 3.24. The highest BCUT2D eigenvalue weighted by atomic mass is 32.2. The molecule has 3 aromatic rings. The van der Waals surface area contributed by atoms with Gasteiger partial charge in [-0.1, -0.05) is 42.5 Å². The molecule has 1 amide bonds. The van der Waals surface area contributed by atoms with E-state index in [-0.39, 0.29) is 0 Å². The first kappa shape index (κ1) is 24.7. The van der Waals surface area contributed by atoms with Crippen molar-refractivity contribution in [2.24, 2.45) is 0 Å². The molecule has 2 aromatic carbocycles. The normalized spacial score (nSPS) is 12.7. The molecule has 0 aliphatic heterocycles. The summed E-state index contributed by atoms with van der Waals surface area (Å²) in [5, 5.41) is 5.62. The first-order valence-corrected chi connectivity index (χ1v) is 12.5. The lowest BCUT2D eigenvalue weighted by Crippen LogP contribution is -2.35. The Hall–Kier alpha value is -2.95. The van der Waals surface area contributed by atoms with Crippen LogP contribution < -0.4 is 10.0 Å². The van der Waals surface area contributed by atoms with Crippen LogP contribution in [-0.4, -0.2) is 32.2 Å². The molecule has 33 heavy (non-hydrogen) atoms. The summed E-state index contributed by atoms with van der Waals surface area (Å²) < 4.78 is 35.3. The minimum absolute atomic E-state index is 0.373. The molecular weight excluding hydrogens is 462 g/mol. The number of carbonyl (C=O) groups is 1. The molecule has 0 saturated carbocycles. The minimum Gasteiger partial charge on any atom is -0.444 e. The Balaban J connectivity index is 1.82. The van der Waals surface area contributed by atoms with E-state index >= 15 is 0 Å². The molecule has 10 heteroatoms. The molecule has 1 heterocycles. The molecular formula is C23H27N3O5S2. The van der Waals surface area contributed by atoms with Crippen LogP contribution in [-0.2, 0) is 25.6 Å². The molecule has 0 fully saturated rings. The molecule has 0 aliphatic rings. The Morgan fingerprint density at radius 1 is 1.09 bits per heavy atom. The van der Waals surface area contributed by atoms with Gasteiger partial charge in [0, 0.05) is 10.9 Å². The van der Waals surface area contributed by atoms with E-state index in [4.69, 9.17) is 9.72 Å². The van der Waals surface area contributed by atoms with Gasteiger partial charge >= 0.3 is 16.4 Å². The van der Waals surface area contributed by atoms with Crippen LogP contribution in [0.3, 0.4) is 0 Å². The molecule has 3 rings (SSSR count). The van der Waals surface area contributed by atoms with Gasteiger partial charge in [-0.2, -0.15) is 8.42 Å². The summed E-state index contributed by atoms with van der Waals surface area (Å²) in [7, 11) is -2.76. The predicted molar refractivity (Wildman–Crippen MR) is 129 cm³/mol. The van der Waals surface area contributed by atoms with Crippen LogP contribution in [0.4, 0.5) is 10.5 Å². The van der Waals surface area contributed by atoms with Crippen molar-refractivity contribution in [3.63, 3.8) is 0 Å². The zero-order valence-electron chi connectivity index (χ0n) is 18.9. The van der Waals surface area contributed by atoms with Crippen LogP contribution in [0.5, 0.6) is 0 Å². The van der Waals surface area contributed by atoms with Crippen molar-refractivity contribution in [1.29, 1.82) is 0 Å². The van der Waals surface area contributed by atoms with Crippen LogP contribution in [0.25, 0.3) is 11.3 Å². The van der Waals surface area contributed by atoms with Crippen molar-refractivity contribution in [2.45, 2.75) is 38.8 Å². The second-order valence-corrected chi connectivity index (χ2v) is 10.6. The summed E-state index contributed by atoms with van der Waals surface area (Å²) in [6, 6.07) is 16.2. The minimum atomic E-state index is -3.84. The predicted octanol–water partition coefficient (Wildman–Crippen LogP) is 4.92. The highest BCUT2D eigenvalue weighted by Crippen LogP contribution is 2.28. The fourth-order valence-electron chi connectivity index (χ4n) is 2.97. The van der Waals surface area contributed by atoms with E-state index < -0.39 is 28.0 Å². The van der Waals surface area contributed by atoms with Crippen molar-refractivity contribution in [1.82, 2.24) is 10.3 Å². The lowest BCUT2D eigenvalue weighted by molar-refractivity contribution is 0.0503. The maximum Gasteiger partial charge on any atom is 0.408 e. The molecule has 0 radical (unpaired) electrons. The van der Waals surface area contributed by atoms with Crippen molar-refractivity contribution in [2.75, 3.05) is 11.8 Å². The van der Waals surface area contributed by atoms with Gasteiger partial charge in [0.05, 0.1) is 24.5 Å². The zero-order valence-corrected chi connectivity index (χ0v) is 20.5. The quantitative estimate of drug-likeness (QED) is 0.465. The third-order valence-corrected chi connectivity index (χ3v) is 6.32. The van der Waals surface area contributed by atoms with Crippen LogP contribution in [0, 0.1) is 0 Å². The number of hydrogen-bond donors (Lipinski definition) is 2. The van der Waals surface area contributed by atoms with E-state index in [1.807, 2.05) is 35.7 Å². The smallest absolute Gasteiger partial charge is 0.408 e. The van der Waals surface area contributed by atoms with Crippen molar-refractivity contribution in [3.05, 3.63) is 70.5 Å². The number of hydrogen-bond acceptors (Lipinski definition) is 7. The van der Waals surface area contributed by atoms with Crippen molar-refractivity contribution < 1.29 is 22.1 Å². The Morgan fingerprint density at radius 2 is 1.76 bits per heavy atom. The first-order chi connectivity index (χ1) is 15.5. The van der Waals surface area contributed by atoms with Crippen LogP contribution in [0.15, 0.2) is 60.0 Å². The number of carbonyl (C=O) groups excluding carboxylic acids is 1. The maximum atomic E-state index is 12.5. The second kappa shape index (κ2) is 10.3. The maximum absolute atomic E-state index is 12.5. The largest absolute Gasteiger partial charge is 0.444 e. The van der Waals surface area contributed by atoms with Gasteiger partial charge in [0.15, 0.2) is 0 Å². The number of aromatic nitrogens is 1. The summed E-state index contributed by atoms with van der Waals surface area (Å²) in [5.41, 5.74) is 2.44. The number of ether oxygens (including phenoxy) is 1. The third kappa shape index (κ3) is 7.55. The van der Waals surface area contributed by atoms with E-state index in [1.165, 1.54) is 11.3 Å². The number of nitrogens with one attached hydrogen (secondary N) is 2. The summed E-state index contributed by atoms with van der Waals surface area (Å²) in [4.78, 5) is 17.2. The lowest BCUT2D eigenvalue weighted by Gasteiger charge is -2.23. The number of thiazole rings is 1. The van der Waals surface area contributed by atoms with Gasteiger partial charge in [0.25, 0.3) is 0 Å². The van der Waals surface area contributed by atoms with E-state index in [0.29, 0.717) is 12.1 Å². The molecule has 1 atom stereocenters. The van der Waals surface area contributed by atoms with E-state index in [1.54, 1.807) is 45.0 Å². The molecule has 0 spiro atoms. The fourth-order valence-corrected chi connectivity index (χ4v) is 4.36. The van der Waals surface area contributed by atoms with Gasteiger partial charge in [0.2, 0.25) is 0 Å². The number of alkyl carbamates (subject to hydrolysis) is 1. The standard InChI is InChI=1S/C23H27N3O5S2/c1-23(2,3)31-22(27)25-19(21-24-20(15-32-21)17-8-6-5-7-9-17)14-16-10-12-18(13-11-16)26-33(28,29)30-4/h5-13,15,19,26H,14H2,1-4H3,(H,25,27)/t19-/m0/s1. The third-order valence-electron chi connectivity index (χ3n) is 4.44. The van der Waals surface area contributed by atoms with E-state index in [0.717, 1.165) is 28.9 Å². The molecule has 0 aliphatic carbocycles. The summed E-state index contributed by atoms with van der Waals surface area (Å²) in [6.07, 6.45) is -0.0911. The average molecular weight is 490 g/mol. The highest BCUT2D eigenvalue weighted by Gasteiger charge is 2.23. The second-order valence-electron chi connectivity index (χ2n) is 8.26. The molecule has 2 N–H and O–H groups in total. The van der Waals surface area contributed by atoms with Gasteiger partial charge < -0.3 is 10.1 Å². The molecule has 0 saturated heterocycles. The van der Waals surface area contributed by atoms with Gasteiger partial charge in [-0.25, -0.2) is 9.78 Å². The van der Waals surface area contributed by atoms with Crippen molar-refractivity contribution in [3.8, 4) is 11.3 Å². The van der Waals surface area contributed by atoms with Gasteiger partial charge in [-0.15, -0.1) is 11.3 Å².